The molecule has 1 N–H and O–H groups in total. The van der Waals surface area contributed by atoms with Crippen LogP contribution in [0.25, 0.3) is 0 Å². The van der Waals surface area contributed by atoms with Crippen LogP contribution in [0, 0.1) is 29.6 Å². The molecule has 5 aliphatic rings. The topological polar surface area (TPSA) is 21.3 Å². The molecule has 0 radical (unpaired) electrons. The molecule has 1 spiro atoms. The van der Waals surface area contributed by atoms with E-state index in [1.807, 2.05) is 0 Å². The Morgan fingerprint density at radius 2 is 1.61 bits per heavy atom. The van der Waals surface area contributed by atoms with E-state index in [-0.39, 0.29) is 0 Å². The number of morpholine rings is 1. The lowest BCUT2D eigenvalue weighted by atomic mass is 9.48. The Bertz CT molecular complexity index is 310. The molecule has 1 heterocycles. The fourth-order valence-corrected chi connectivity index (χ4v) is 5.64. The predicted molar refractivity (Wildman–Crippen MR) is 72.4 cm³/mol. The number of hydrogen-bond acceptors (Lipinski definition) is 2. The summed E-state index contributed by atoms with van der Waals surface area (Å²) < 4.78 is 6.06. The van der Waals surface area contributed by atoms with Crippen LogP contribution >= 0.6 is 0 Å². The minimum Gasteiger partial charge on any atom is -0.378 e. The van der Waals surface area contributed by atoms with Gasteiger partial charge in [0.25, 0.3) is 0 Å². The molecule has 0 amide bonds. The zero-order valence-corrected chi connectivity index (χ0v) is 11.8. The molecular formula is C16H27NO. The molecule has 5 rings (SSSR count). The van der Waals surface area contributed by atoms with Gasteiger partial charge in [0.15, 0.2) is 0 Å². The first-order chi connectivity index (χ1) is 8.67. The second kappa shape index (κ2) is 3.96. The lowest BCUT2D eigenvalue weighted by molar-refractivity contribution is -0.142. The predicted octanol–water partition coefficient (Wildman–Crippen LogP) is 2.83. The van der Waals surface area contributed by atoms with E-state index in [0.717, 1.165) is 36.9 Å². The second-order valence-electron chi connectivity index (χ2n) is 7.85. The molecule has 1 saturated heterocycles. The maximum absolute atomic E-state index is 6.06. The van der Waals surface area contributed by atoms with Gasteiger partial charge < -0.3 is 10.1 Å². The zero-order valence-electron chi connectivity index (χ0n) is 11.8. The second-order valence-corrected chi connectivity index (χ2v) is 7.85. The van der Waals surface area contributed by atoms with Gasteiger partial charge in [-0.05, 0) is 61.7 Å². The standard InChI is InChI=1S/C16H27NO/c1-10(2)15-8-18-9-16(17-15)13-4-11-3-12(6-13)7-14(16)5-11/h10-15,17H,3-9H2,1-2H3. The molecule has 1 aliphatic heterocycles. The van der Waals surface area contributed by atoms with E-state index in [1.165, 1.54) is 32.1 Å². The molecule has 102 valence electrons. The van der Waals surface area contributed by atoms with E-state index in [4.69, 9.17) is 4.74 Å². The molecule has 4 bridgehead atoms. The summed E-state index contributed by atoms with van der Waals surface area (Å²) in [6, 6.07) is 0.580. The Morgan fingerprint density at radius 3 is 2.17 bits per heavy atom. The van der Waals surface area contributed by atoms with Crippen LogP contribution in [0.15, 0.2) is 0 Å². The lowest BCUT2D eigenvalue weighted by Gasteiger charge is -2.63. The molecule has 0 aromatic carbocycles. The van der Waals surface area contributed by atoms with Crippen molar-refractivity contribution in [2.45, 2.75) is 57.5 Å². The van der Waals surface area contributed by atoms with E-state index >= 15 is 0 Å². The average Bonchev–Trinajstić information content (AvgIpc) is 2.35. The molecule has 1 atom stereocenters. The van der Waals surface area contributed by atoms with Gasteiger partial charge in [0, 0.05) is 11.6 Å². The van der Waals surface area contributed by atoms with Crippen molar-refractivity contribution in [3.63, 3.8) is 0 Å². The molecule has 18 heavy (non-hydrogen) atoms. The van der Waals surface area contributed by atoms with Crippen molar-refractivity contribution in [1.82, 2.24) is 5.32 Å². The summed E-state index contributed by atoms with van der Waals surface area (Å²) in [4.78, 5) is 0. The summed E-state index contributed by atoms with van der Waals surface area (Å²) in [5.41, 5.74) is 0.362. The number of hydrogen-bond donors (Lipinski definition) is 1. The quantitative estimate of drug-likeness (QED) is 0.771. The molecule has 5 fully saturated rings. The normalized spacial score (nSPS) is 54.5. The van der Waals surface area contributed by atoms with Crippen LogP contribution in [0.2, 0.25) is 0 Å². The van der Waals surface area contributed by atoms with E-state index in [1.54, 1.807) is 0 Å². The van der Waals surface area contributed by atoms with Crippen molar-refractivity contribution in [2.75, 3.05) is 13.2 Å². The summed E-state index contributed by atoms with van der Waals surface area (Å²) in [5, 5.41) is 4.09. The van der Waals surface area contributed by atoms with Crippen LogP contribution < -0.4 is 5.32 Å². The maximum atomic E-state index is 6.06. The maximum Gasteiger partial charge on any atom is 0.0654 e. The average molecular weight is 249 g/mol. The van der Waals surface area contributed by atoms with Gasteiger partial charge in [-0.15, -0.1) is 0 Å². The fraction of sp³-hybridized carbons (Fsp3) is 1.00. The van der Waals surface area contributed by atoms with Gasteiger partial charge in [-0.3, -0.25) is 0 Å². The third kappa shape index (κ3) is 1.54. The van der Waals surface area contributed by atoms with Crippen molar-refractivity contribution in [2.24, 2.45) is 29.6 Å². The number of rotatable bonds is 1. The Balaban J connectivity index is 1.62. The van der Waals surface area contributed by atoms with Crippen molar-refractivity contribution in [3.8, 4) is 0 Å². The van der Waals surface area contributed by atoms with Crippen LogP contribution in [0.5, 0.6) is 0 Å². The smallest absolute Gasteiger partial charge is 0.0654 e. The molecule has 0 aromatic rings. The van der Waals surface area contributed by atoms with Crippen molar-refractivity contribution < 1.29 is 4.74 Å². The highest BCUT2D eigenvalue weighted by Gasteiger charge is 2.58. The van der Waals surface area contributed by atoms with Gasteiger partial charge in [-0.2, -0.15) is 0 Å². The molecule has 2 nitrogen and oxygen atoms in total. The largest absolute Gasteiger partial charge is 0.378 e. The molecular weight excluding hydrogens is 222 g/mol. The summed E-state index contributed by atoms with van der Waals surface area (Å²) in [7, 11) is 0. The van der Waals surface area contributed by atoms with Crippen molar-refractivity contribution in [3.05, 3.63) is 0 Å². The lowest BCUT2D eigenvalue weighted by Crippen LogP contribution is -2.72. The minimum absolute atomic E-state index is 0.362. The Morgan fingerprint density at radius 1 is 1.00 bits per heavy atom. The van der Waals surface area contributed by atoms with Crippen LogP contribution in [0.3, 0.4) is 0 Å². The summed E-state index contributed by atoms with van der Waals surface area (Å²) in [6.07, 6.45) is 7.46. The number of nitrogens with one attached hydrogen (secondary N) is 1. The third-order valence-electron chi connectivity index (χ3n) is 6.49. The van der Waals surface area contributed by atoms with Gasteiger partial charge in [0.2, 0.25) is 0 Å². The van der Waals surface area contributed by atoms with Crippen LogP contribution in [-0.4, -0.2) is 24.8 Å². The highest BCUT2D eigenvalue weighted by molar-refractivity contribution is 5.13. The first kappa shape index (κ1) is 11.7. The van der Waals surface area contributed by atoms with E-state index in [0.29, 0.717) is 17.5 Å². The first-order valence-electron chi connectivity index (χ1n) is 8.03. The van der Waals surface area contributed by atoms with E-state index in [2.05, 4.69) is 19.2 Å². The van der Waals surface area contributed by atoms with Gasteiger partial charge >= 0.3 is 0 Å². The fourth-order valence-electron chi connectivity index (χ4n) is 5.64. The molecule has 4 aliphatic carbocycles. The number of ether oxygens (including phenoxy) is 1. The van der Waals surface area contributed by atoms with Crippen molar-refractivity contribution >= 4 is 0 Å². The van der Waals surface area contributed by atoms with Gasteiger partial charge in [-0.25, -0.2) is 0 Å². The third-order valence-corrected chi connectivity index (χ3v) is 6.49. The SMILES string of the molecule is CC(C)C1COCC2(N1)C1CC3CC(C1)CC2C3. The first-order valence-corrected chi connectivity index (χ1v) is 8.03. The molecule has 2 heteroatoms. The molecule has 4 saturated carbocycles. The van der Waals surface area contributed by atoms with Crippen LogP contribution in [0.4, 0.5) is 0 Å². The van der Waals surface area contributed by atoms with Crippen LogP contribution in [-0.2, 0) is 4.74 Å². The van der Waals surface area contributed by atoms with E-state index < -0.39 is 0 Å². The summed E-state index contributed by atoms with van der Waals surface area (Å²) >= 11 is 0. The van der Waals surface area contributed by atoms with Crippen LogP contribution in [0.1, 0.15) is 46.0 Å². The Labute approximate surface area is 111 Å². The Hall–Kier alpha value is -0.0800. The monoisotopic (exact) mass is 249 g/mol. The molecule has 0 aromatic heterocycles. The molecule has 1 unspecified atom stereocenters. The van der Waals surface area contributed by atoms with E-state index in [9.17, 15) is 0 Å². The zero-order chi connectivity index (χ0) is 12.3. The minimum atomic E-state index is 0.362. The highest BCUT2D eigenvalue weighted by atomic mass is 16.5. The van der Waals surface area contributed by atoms with Gasteiger partial charge in [0.05, 0.1) is 13.2 Å². The summed E-state index contributed by atoms with van der Waals surface area (Å²) in [6.45, 7) is 6.57. The van der Waals surface area contributed by atoms with Gasteiger partial charge in [0.1, 0.15) is 0 Å². The summed E-state index contributed by atoms with van der Waals surface area (Å²) in [5.74, 6) is 4.63. The highest BCUT2D eigenvalue weighted by Crippen LogP contribution is 2.58. The van der Waals surface area contributed by atoms with Crippen molar-refractivity contribution in [1.29, 1.82) is 0 Å². The Kier molecular flexibility index (Phi) is 2.58. The van der Waals surface area contributed by atoms with Gasteiger partial charge in [-0.1, -0.05) is 13.8 Å².